The number of nitrogens with one attached hydrogen (secondary N) is 2. The number of anilines is 2. The number of aryl methyl sites for hydroxylation is 2. The molecule has 28 heavy (non-hydrogen) atoms. The minimum atomic E-state index is -0.266. The standard InChI is InChI=1S/C22H24N4OS/c1-15-9-16(2)11-19(10-15)23-21(27)25-22-24-20(14-28-22)13-26-8-7-17-5-3-4-6-18(17)12-26/h3-6,9-11,14H,7-8,12-13H2,1-2H3,(H2,23,24,25,27). The van der Waals surface area contributed by atoms with Gasteiger partial charge >= 0.3 is 6.03 Å². The van der Waals surface area contributed by atoms with Crippen LogP contribution < -0.4 is 10.6 Å². The Hall–Kier alpha value is -2.70. The summed E-state index contributed by atoms with van der Waals surface area (Å²) in [5.41, 5.74) is 6.87. The van der Waals surface area contributed by atoms with Crippen LogP contribution in [-0.2, 0) is 19.5 Å². The summed E-state index contributed by atoms with van der Waals surface area (Å²) in [6.45, 7) is 6.81. The van der Waals surface area contributed by atoms with Crippen molar-refractivity contribution < 1.29 is 4.79 Å². The smallest absolute Gasteiger partial charge is 0.308 e. The zero-order valence-electron chi connectivity index (χ0n) is 16.2. The number of nitrogens with zero attached hydrogens (tertiary/aromatic N) is 2. The molecule has 0 atom stereocenters. The summed E-state index contributed by atoms with van der Waals surface area (Å²) < 4.78 is 0. The van der Waals surface area contributed by atoms with Crippen molar-refractivity contribution in [2.75, 3.05) is 17.2 Å². The molecule has 1 aliphatic rings. The Kier molecular flexibility index (Phi) is 5.41. The van der Waals surface area contributed by atoms with Crippen LogP contribution in [0.4, 0.5) is 15.6 Å². The fraction of sp³-hybridized carbons (Fsp3) is 0.273. The molecule has 1 aromatic heterocycles. The molecule has 6 heteroatoms. The van der Waals surface area contributed by atoms with Gasteiger partial charge in [-0.05, 0) is 54.7 Å². The third kappa shape index (κ3) is 4.58. The normalized spacial score (nSPS) is 13.8. The van der Waals surface area contributed by atoms with Gasteiger partial charge in [-0.15, -0.1) is 11.3 Å². The Balaban J connectivity index is 1.34. The SMILES string of the molecule is Cc1cc(C)cc(NC(=O)Nc2nc(CN3CCc4ccccc4C3)cs2)c1. The molecule has 5 nitrogen and oxygen atoms in total. The van der Waals surface area contributed by atoms with Gasteiger partial charge in [0.25, 0.3) is 0 Å². The second kappa shape index (κ2) is 8.12. The predicted molar refractivity (Wildman–Crippen MR) is 115 cm³/mol. The summed E-state index contributed by atoms with van der Waals surface area (Å²) in [6, 6.07) is 14.3. The highest BCUT2D eigenvalue weighted by molar-refractivity contribution is 7.13. The first kappa shape index (κ1) is 18.7. The zero-order chi connectivity index (χ0) is 19.5. The van der Waals surface area contributed by atoms with E-state index in [2.05, 4.69) is 50.8 Å². The molecule has 0 aliphatic carbocycles. The summed E-state index contributed by atoms with van der Waals surface area (Å²) in [4.78, 5) is 19.3. The number of urea groups is 1. The molecule has 1 aliphatic heterocycles. The Labute approximate surface area is 169 Å². The number of hydrogen-bond donors (Lipinski definition) is 2. The van der Waals surface area contributed by atoms with E-state index < -0.39 is 0 Å². The molecule has 2 aromatic carbocycles. The molecule has 4 rings (SSSR count). The summed E-state index contributed by atoms with van der Waals surface area (Å²) in [7, 11) is 0. The second-order valence-electron chi connectivity index (χ2n) is 7.33. The molecule has 0 spiro atoms. The van der Waals surface area contributed by atoms with Crippen molar-refractivity contribution in [3.63, 3.8) is 0 Å². The first-order valence-corrected chi connectivity index (χ1v) is 10.3. The molecule has 0 saturated heterocycles. The predicted octanol–water partition coefficient (Wildman–Crippen LogP) is 4.96. The number of amides is 2. The summed E-state index contributed by atoms with van der Waals surface area (Å²) in [5, 5.41) is 8.36. The number of aromatic nitrogens is 1. The van der Waals surface area contributed by atoms with Crippen molar-refractivity contribution in [2.24, 2.45) is 0 Å². The van der Waals surface area contributed by atoms with Crippen LogP contribution in [0.15, 0.2) is 47.8 Å². The topological polar surface area (TPSA) is 57.3 Å². The Morgan fingerprint density at radius 3 is 2.64 bits per heavy atom. The van der Waals surface area contributed by atoms with Gasteiger partial charge in [0.1, 0.15) is 0 Å². The maximum atomic E-state index is 12.3. The van der Waals surface area contributed by atoms with E-state index in [1.165, 1.54) is 22.5 Å². The highest BCUT2D eigenvalue weighted by Gasteiger charge is 2.17. The number of carbonyl (C=O) groups is 1. The molecule has 0 unspecified atom stereocenters. The van der Waals surface area contributed by atoms with E-state index in [0.29, 0.717) is 5.13 Å². The highest BCUT2D eigenvalue weighted by atomic mass is 32.1. The Bertz CT molecular complexity index is 977. The largest absolute Gasteiger partial charge is 0.325 e. The molecule has 2 N–H and O–H groups in total. The van der Waals surface area contributed by atoms with E-state index in [-0.39, 0.29) is 6.03 Å². The lowest BCUT2D eigenvalue weighted by molar-refractivity contribution is 0.243. The first-order chi connectivity index (χ1) is 13.5. The number of hydrogen-bond acceptors (Lipinski definition) is 4. The van der Waals surface area contributed by atoms with E-state index >= 15 is 0 Å². The zero-order valence-corrected chi connectivity index (χ0v) is 17.0. The first-order valence-electron chi connectivity index (χ1n) is 9.45. The van der Waals surface area contributed by atoms with Gasteiger partial charge in [-0.3, -0.25) is 10.2 Å². The molecular weight excluding hydrogens is 368 g/mol. The molecule has 0 saturated carbocycles. The van der Waals surface area contributed by atoms with E-state index in [1.807, 2.05) is 31.4 Å². The van der Waals surface area contributed by atoms with Gasteiger partial charge in [-0.2, -0.15) is 0 Å². The fourth-order valence-corrected chi connectivity index (χ4v) is 4.36. The van der Waals surface area contributed by atoms with Gasteiger partial charge in [0.2, 0.25) is 0 Å². The van der Waals surface area contributed by atoms with Gasteiger partial charge < -0.3 is 5.32 Å². The number of benzene rings is 2. The van der Waals surface area contributed by atoms with Crippen molar-refractivity contribution in [3.05, 3.63) is 75.8 Å². The number of thiazole rings is 1. The average Bonchev–Trinajstić information content (AvgIpc) is 3.07. The Morgan fingerprint density at radius 2 is 1.86 bits per heavy atom. The third-order valence-corrected chi connectivity index (χ3v) is 5.65. The van der Waals surface area contributed by atoms with Crippen molar-refractivity contribution in [1.82, 2.24) is 9.88 Å². The van der Waals surface area contributed by atoms with Crippen LogP contribution in [-0.4, -0.2) is 22.5 Å². The van der Waals surface area contributed by atoms with E-state index in [4.69, 9.17) is 0 Å². The molecule has 144 valence electrons. The van der Waals surface area contributed by atoms with Crippen molar-refractivity contribution in [1.29, 1.82) is 0 Å². The van der Waals surface area contributed by atoms with E-state index in [1.54, 1.807) is 0 Å². The van der Waals surface area contributed by atoms with Gasteiger partial charge in [-0.1, -0.05) is 30.3 Å². The minimum absolute atomic E-state index is 0.266. The average molecular weight is 393 g/mol. The summed E-state index contributed by atoms with van der Waals surface area (Å²) >= 11 is 1.46. The summed E-state index contributed by atoms with van der Waals surface area (Å²) in [5.74, 6) is 0. The molecular formula is C22H24N4OS. The molecule has 3 aromatic rings. The minimum Gasteiger partial charge on any atom is -0.308 e. The van der Waals surface area contributed by atoms with Gasteiger partial charge in [0.15, 0.2) is 5.13 Å². The Morgan fingerprint density at radius 1 is 1.11 bits per heavy atom. The van der Waals surface area contributed by atoms with Crippen LogP contribution in [0.1, 0.15) is 27.9 Å². The lowest BCUT2D eigenvalue weighted by atomic mass is 10.00. The van der Waals surface area contributed by atoms with Crippen LogP contribution in [0.5, 0.6) is 0 Å². The number of carbonyl (C=O) groups excluding carboxylic acids is 1. The quantitative estimate of drug-likeness (QED) is 0.660. The summed E-state index contributed by atoms with van der Waals surface area (Å²) in [6.07, 6.45) is 1.07. The van der Waals surface area contributed by atoms with Crippen LogP contribution in [0.2, 0.25) is 0 Å². The lowest BCUT2D eigenvalue weighted by Crippen LogP contribution is -2.30. The van der Waals surface area contributed by atoms with Gasteiger partial charge in [0, 0.05) is 30.7 Å². The highest BCUT2D eigenvalue weighted by Crippen LogP contribution is 2.22. The van der Waals surface area contributed by atoms with Crippen molar-refractivity contribution >= 4 is 28.2 Å². The fourth-order valence-electron chi connectivity index (χ4n) is 3.66. The van der Waals surface area contributed by atoms with Crippen LogP contribution in [0.3, 0.4) is 0 Å². The van der Waals surface area contributed by atoms with Crippen LogP contribution in [0.25, 0.3) is 0 Å². The molecule has 2 amide bonds. The van der Waals surface area contributed by atoms with E-state index in [0.717, 1.165) is 48.6 Å². The monoisotopic (exact) mass is 392 g/mol. The van der Waals surface area contributed by atoms with E-state index in [9.17, 15) is 4.79 Å². The number of fused-ring (bicyclic) bond motifs is 1. The van der Waals surface area contributed by atoms with Crippen LogP contribution in [0, 0.1) is 13.8 Å². The van der Waals surface area contributed by atoms with Crippen LogP contribution >= 0.6 is 11.3 Å². The third-order valence-electron chi connectivity index (χ3n) is 4.85. The molecule has 0 bridgehead atoms. The van der Waals surface area contributed by atoms with Gasteiger partial charge in [-0.25, -0.2) is 9.78 Å². The lowest BCUT2D eigenvalue weighted by Gasteiger charge is -2.27. The molecule has 2 heterocycles. The maximum absolute atomic E-state index is 12.3. The van der Waals surface area contributed by atoms with Crippen molar-refractivity contribution in [2.45, 2.75) is 33.4 Å². The second-order valence-corrected chi connectivity index (χ2v) is 8.19. The maximum Gasteiger partial charge on any atom is 0.325 e. The molecule has 0 radical (unpaired) electrons. The van der Waals surface area contributed by atoms with Crippen molar-refractivity contribution in [3.8, 4) is 0 Å². The van der Waals surface area contributed by atoms with Gasteiger partial charge in [0.05, 0.1) is 5.69 Å². The molecule has 0 fully saturated rings. The number of rotatable bonds is 4.